The van der Waals surface area contributed by atoms with E-state index >= 15 is 0 Å². The highest BCUT2D eigenvalue weighted by molar-refractivity contribution is 5.88. The lowest BCUT2D eigenvalue weighted by molar-refractivity contribution is -0.131. The number of hydrogen-bond acceptors (Lipinski definition) is 11. The molecule has 4 amide bonds. The lowest BCUT2D eigenvalue weighted by atomic mass is 10.0. The molecule has 0 fully saturated rings. The van der Waals surface area contributed by atoms with Crippen molar-refractivity contribution in [1.82, 2.24) is 16.0 Å². The van der Waals surface area contributed by atoms with Crippen LogP contribution in [0, 0.1) is 12.8 Å². The number of benzene rings is 1. The Balaban J connectivity index is 1.90. The highest BCUT2D eigenvalue weighted by atomic mass is 16.6. The van der Waals surface area contributed by atoms with Crippen molar-refractivity contribution in [3.05, 3.63) is 36.8 Å². The smallest absolute Gasteiger partial charge is 0.312 e. The molecule has 0 spiro atoms. The van der Waals surface area contributed by atoms with Crippen molar-refractivity contribution in [3.8, 4) is 0 Å². The zero-order valence-electron chi connectivity index (χ0n) is 29.0. The van der Waals surface area contributed by atoms with Crippen LogP contribution in [-0.2, 0) is 38.0 Å². The van der Waals surface area contributed by atoms with Gasteiger partial charge in [0.15, 0.2) is 0 Å². The topological polar surface area (TPSA) is 207 Å². The number of nitrogens with one attached hydrogen (secondary N) is 4. The SMILES string of the molecule is [CH2]c1ccc(NC(N)COCCOCCOCCOCCOCCOCCC(=O)N[C@H](C(=O)N[C@@H](C)CCCNC(N)=O)C(C)C)cc1. The number of nitrogens with two attached hydrogens (primary N) is 2. The maximum atomic E-state index is 12.7. The first kappa shape index (κ1) is 43.0. The van der Waals surface area contributed by atoms with E-state index in [-0.39, 0.29) is 43.0 Å². The molecule has 1 aromatic rings. The molecule has 48 heavy (non-hydrogen) atoms. The Kier molecular flexibility index (Phi) is 24.9. The second kappa shape index (κ2) is 27.9. The number of carbonyl (C=O) groups excluding carboxylic acids is 3. The summed E-state index contributed by atoms with van der Waals surface area (Å²) in [5.41, 5.74) is 12.9. The molecule has 1 radical (unpaired) electrons. The summed E-state index contributed by atoms with van der Waals surface area (Å²) in [6.45, 7) is 14.8. The van der Waals surface area contributed by atoms with Gasteiger partial charge in [-0.05, 0) is 50.3 Å². The number of hydrogen-bond donors (Lipinski definition) is 6. The van der Waals surface area contributed by atoms with Crippen LogP contribution in [0.1, 0.15) is 45.6 Å². The Bertz CT molecular complexity index is 987. The average Bonchev–Trinajstić information content (AvgIpc) is 3.03. The molecule has 1 aromatic carbocycles. The van der Waals surface area contributed by atoms with Crippen molar-refractivity contribution < 1.29 is 42.8 Å². The molecule has 0 aliphatic carbocycles. The van der Waals surface area contributed by atoms with Crippen molar-refractivity contribution in [2.24, 2.45) is 17.4 Å². The number of primary amides is 1. The molecule has 1 unspecified atom stereocenters. The molecule has 0 saturated heterocycles. The molecule has 0 heterocycles. The fourth-order valence-electron chi connectivity index (χ4n) is 4.14. The molecule has 0 aliphatic heterocycles. The molecule has 1 rings (SSSR count). The normalized spacial score (nSPS) is 13.1. The van der Waals surface area contributed by atoms with Gasteiger partial charge < -0.3 is 61.2 Å². The molecule has 8 N–H and O–H groups in total. The third kappa shape index (κ3) is 24.1. The summed E-state index contributed by atoms with van der Waals surface area (Å²) in [6.07, 6.45) is 1.16. The molecular formula is C33H59N6O9. The van der Waals surface area contributed by atoms with Gasteiger partial charge >= 0.3 is 6.03 Å². The van der Waals surface area contributed by atoms with Gasteiger partial charge in [-0.15, -0.1) is 0 Å². The maximum Gasteiger partial charge on any atom is 0.312 e. The largest absolute Gasteiger partial charge is 0.379 e. The Morgan fingerprint density at radius 3 is 1.75 bits per heavy atom. The first-order valence-electron chi connectivity index (χ1n) is 16.6. The summed E-state index contributed by atoms with van der Waals surface area (Å²) in [5, 5.41) is 11.4. The number of carbonyl (C=O) groups is 3. The molecule has 15 heteroatoms. The summed E-state index contributed by atoms with van der Waals surface area (Å²) >= 11 is 0. The third-order valence-corrected chi connectivity index (χ3v) is 6.70. The fourth-order valence-corrected chi connectivity index (χ4v) is 4.14. The van der Waals surface area contributed by atoms with E-state index in [4.69, 9.17) is 39.9 Å². The third-order valence-electron chi connectivity index (χ3n) is 6.70. The lowest BCUT2D eigenvalue weighted by Gasteiger charge is -2.24. The van der Waals surface area contributed by atoms with Crippen LogP contribution in [0.2, 0.25) is 0 Å². The van der Waals surface area contributed by atoms with Crippen LogP contribution in [-0.4, -0.2) is 122 Å². The lowest BCUT2D eigenvalue weighted by Crippen LogP contribution is -2.51. The summed E-state index contributed by atoms with van der Waals surface area (Å²) < 4.78 is 32.9. The molecule has 0 aromatic heterocycles. The second-order valence-corrected chi connectivity index (χ2v) is 11.5. The Labute approximate surface area is 285 Å². The van der Waals surface area contributed by atoms with Crippen molar-refractivity contribution in [2.75, 3.05) is 91.1 Å². The van der Waals surface area contributed by atoms with E-state index in [1.807, 2.05) is 45.0 Å². The van der Waals surface area contributed by atoms with Gasteiger partial charge in [0.25, 0.3) is 0 Å². The second-order valence-electron chi connectivity index (χ2n) is 11.5. The van der Waals surface area contributed by atoms with Crippen LogP contribution in [0.25, 0.3) is 0 Å². The number of urea groups is 1. The monoisotopic (exact) mass is 683 g/mol. The highest BCUT2D eigenvalue weighted by Crippen LogP contribution is 2.09. The van der Waals surface area contributed by atoms with Crippen LogP contribution in [0.15, 0.2) is 24.3 Å². The van der Waals surface area contributed by atoms with Gasteiger partial charge in [0.05, 0.1) is 85.4 Å². The Morgan fingerprint density at radius 2 is 1.25 bits per heavy atom. The zero-order valence-corrected chi connectivity index (χ0v) is 29.0. The van der Waals surface area contributed by atoms with E-state index in [9.17, 15) is 14.4 Å². The molecule has 0 saturated carbocycles. The van der Waals surface area contributed by atoms with E-state index in [0.717, 1.165) is 11.3 Å². The van der Waals surface area contributed by atoms with Crippen molar-refractivity contribution in [2.45, 2.75) is 58.3 Å². The van der Waals surface area contributed by atoms with Crippen LogP contribution in [0.3, 0.4) is 0 Å². The standard InChI is InChI=1S/C33H59N6O9/c1-25(2)31(32(41)37-27(4)6-5-12-36-33(35)42)39-30(40)11-13-43-14-15-44-16-17-45-18-19-46-20-21-47-22-23-48-24-29(34)38-28-9-7-26(3)8-10-28/h7-10,25,27,29,31,38H,3,5-6,11-24,34H2,1-2,4H3,(H,37,41)(H,39,40)(H3,35,36,42)/t27-,29?,31-/m0/s1. The fraction of sp³-hybridized carbons (Fsp3) is 0.697. The quantitative estimate of drug-likeness (QED) is 0.0501. The van der Waals surface area contributed by atoms with Gasteiger partial charge in [0, 0.05) is 24.7 Å². The summed E-state index contributed by atoms with van der Waals surface area (Å²) in [7, 11) is 0. The van der Waals surface area contributed by atoms with Crippen LogP contribution >= 0.6 is 0 Å². The molecule has 0 aliphatic rings. The van der Waals surface area contributed by atoms with Crippen LogP contribution < -0.4 is 32.7 Å². The molecule has 275 valence electrons. The predicted octanol–water partition coefficient (Wildman–Crippen LogP) is 1.15. The average molecular weight is 684 g/mol. The first-order chi connectivity index (χ1) is 23.1. The zero-order chi connectivity index (χ0) is 35.4. The van der Waals surface area contributed by atoms with Gasteiger partial charge in [-0.2, -0.15) is 0 Å². The molecule has 3 atom stereocenters. The first-order valence-corrected chi connectivity index (χ1v) is 16.6. The predicted molar refractivity (Wildman–Crippen MR) is 183 cm³/mol. The maximum absolute atomic E-state index is 12.7. The number of ether oxygens (including phenoxy) is 6. The van der Waals surface area contributed by atoms with Gasteiger partial charge in [-0.25, -0.2) is 4.79 Å². The minimum absolute atomic E-state index is 0.0893. The number of anilines is 1. The Hall–Kier alpha value is -3.05. The summed E-state index contributed by atoms with van der Waals surface area (Å²) in [6, 6.07) is 6.33. The minimum Gasteiger partial charge on any atom is -0.379 e. The summed E-state index contributed by atoms with van der Waals surface area (Å²) in [4.78, 5) is 35.8. The van der Waals surface area contributed by atoms with E-state index in [2.05, 4.69) is 28.2 Å². The van der Waals surface area contributed by atoms with Crippen molar-refractivity contribution >= 4 is 23.5 Å². The molecule has 15 nitrogen and oxygen atoms in total. The van der Waals surface area contributed by atoms with Crippen molar-refractivity contribution in [3.63, 3.8) is 0 Å². The Morgan fingerprint density at radius 1 is 0.750 bits per heavy atom. The number of rotatable bonds is 30. The van der Waals surface area contributed by atoms with Crippen molar-refractivity contribution in [1.29, 1.82) is 0 Å². The number of amides is 4. The molecular weight excluding hydrogens is 624 g/mol. The van der Waals surface area contributed by atoms with E-state index in [0.29, 0.717) is 92.1 Å². The van der Waals surface area contributed by atoms with Crippen LogP contribution in [0.4, 0.5) is 10.5 Å². The summed E-state index contributed by atoms with van der Waals surface area (Å²) in [5.74, 6) is -0.596. The minimum atomic E-state index is -0.654. The van der Waals surface area contributed by atoms with Gasteiger partial charge in [-0.1, -0.05) is 26.0 Å². The van der Waals surface area contributed by atoms with Gasteiger partial charge in [0.1, 0.15) is 6.04 Å². The van der Waals surface area contributed by atoms with E-state index in [1.165, 1.54) is 0 Å². The highest BCUT2D eigenvalue weighted by Gasteiger charge is 2.25. The van der Waals surface area contributed by atoms with E-state index < -0.39 is 12.1 Å². The molecule has 0 bridgehead atoms. The van der Waals surface area contributed by atoms with Gasteiger partial charge in [-0.3, -0.25) is 9.59 Å². The van der Waals surface area contributed by atoms with Crippen LogP contribution in [0.5, 0.6) is 0 Å². The van der Waals surface area contributed by atoms with E-state index in [1.54, 1.807) is 0 Å². The van der Waals surface area contributed by atoms with Gasteiger partial charge in [0.2, 0.25) is 11.8 Å².